The van der Waals surface area contributed by atoms with Crippen LogP contribution in [0.1, 0.15) is 22.3 Å². The molecule has 1 fully saturated rings. The Bertz CT molecular complexity index is 774. The number of imide groups is 1. The van der Waals surface area contributed by atoms with Gasteiger partial charge < -0.3 is 10.4 Å². The van der Waals surface area contributed by atoms with E-state index in [9.17, 15) is 14.4 Å². The van der Waals surface area contributed by atoms with Gasteiger partial charge in [-0.2, -0.15) is 0 Å². The topological polar surface area (TPSA) is 99.6 Å². The van der Waals surface area contributed by atoms with Gasteiger partial charge in [0.15, 0.2) is 0 Å². The van der Waals surface area contributed by atoms with Gasteiger partial charge in [-0.25, -0.2) is 9.69 Å². The van der Waals surface area contributed by atoms with Crippen molar-refractivity contribution in [3.63, 3.8) is 0 Å². The Morgan fingerprint density at radius 2 is 2.00 bits per heavy atom. The molecule has 1 aromatic heterocycles. The van der Waals surface area contributed by atoms with Crippen LogP contribution in [0.2, 0.25) is 0 Å². The minimum Gasteiger partial charge on any atom is -0.478 e. The number of carboxylic acid groups (broad SMARTS) is 1. The molecular weight excluding hydrogens is 310 g/mol. The maximum atomic E-state index is 12.5. The number of rotatable bonds is 5. The SMILES string of the molecule is O=C(O)c1ccc(N2C(=O)CC(NCc3cccnc3)C2=O)cc1. The van der Waals surface area contributed by atoms with Gasteiger partial charge in [0, 0.05) is 18.9 Å². The van der Waals surface area contributed by atoms with Gasteiger partial charge in [0.1, 0.15) is 0 Å². The highest BCUT2D eigenvalue weighted by Gasteiger charge is 2.39. The van der Waals surface area contributed by atoms with Crippen LogP contribution in [0.15, 0.2) is 48.8 Å². The number of aromatic nitrogens is 1. The zero-order valence-electron chi connectivity index (χ0n) is 12.7. The second kappa shape index (κ2) is 6.59. The van der Waals surface area contributed by atoms with Crippen LogP contribution in [0, 0.1) is 0 Å². The molecule has 2 heterocycles. The first-order valence-electron chi connectivity index (χ1n) is 7.38. The number of carbonyl (C=O) groups excluding carboxylic acids is 2. The van der Waals surface area contributed by atoms with Gasteiger partial charge in [0.2, 0.25) is 5.91 Å². The molecule has 3 rings (SSSR count). The fourth-order valence-electron chi connectivity index (χ4n) is 2.56. The molecule has 0 spiro atoms. The number of carbonyl (C=O) groups is 3. The Labute approximate surface area is 137 Å². The Balaban J connectivity index is 1.70. The van der Waals surface area contributed by atoms with Gasteiger partial charge in [-0.15, -0.1) is 0 Å². The third-order valence-electron chi connectivity index (χ3n) is 3.79. The lowest BCUT2D eigenvalue weighted by atomic mass is 10.2. The number of hydrogen-bond donors (Lipinski definition) is 2. The number of benzene rings is 1. The first-order chi connectivity index (χ1) is 11.6. The molecule has 2 amide bonds. The lowest BCUT2D eigenvalue weighted by molar-refractivity contribution is -0.121. The molecule has 7 nitrogen and oxygen atoms in total. The average Bonchev–Trinajstić information content (AvgIpc) is 2.88. The molecule has 1 unspecified atom stereocenters. The van der Waals surface area contributed by atoms with Crippen molar-refractivity contribution in [2.45, 2.75) is 19.0 Å². The number of aromatic carboxylic acids is 1. The van der Waals surface area contributed by atoms with Crippen molar-refractivity contribution in [2.75, 3.05) is 4.90 Å². The first-order valence-corrected chi connectivity index (χ1v) is 7.38. The van der Waals surface area contributed by atoms with Crippen molar-refractivity contribution in [1.29, 1.82) is 0 Å². The van der Waals surface area contributed by atoms with Crippen molar-refractivity contribution in [2.24, 2.45) is 0 Å². The van der Waals surface area contributed by atoms with Crippen LogP contribution in [0.5, 0.6) is 0 Å². The second-order valence-corrected chi connectivity index (χ2v) is 5.42. The van der Waals surface area contributed by atoms with E-state index in [2.05, 4.69) is 10.3 Å². The predicted molar refractivity (Wildman–Crippen MR) is 85.4 cm³/mol. The number of pyridine rings is 1. The summed E-state index contributed by atoms with van der Waals surface area (Å²) in [7, 11) is 0. The molecule has 0 bridgehead atoms. The molecular formula is C17H15N3O4. The molecule has 7 heteroatoms. The zero-order valence-corrected chi connectivity index (χ0v) is 12.7. The van der Waals surface area contributed by atoms with E-state index in [-0.39, 0.29) is 23.8 Å². The van der Waals surface area contributed by atoms with E-state index in [4.69, 9.17) is 5.11 Å². The molecule has 2 aromatic rings. The monoisotopic (exact) mass is 325 g/mol. The van der Waals surface area contributed by atoms with Crippen LogP contribution >= 0.6 is 0 Å². The molecule has 1 saturated heterocycles. The van der Waals surface area contributed by atoms with Crippen molar-refractivity contribution < 1.29 is 19.5 Å². The van der Waals surface area contributed by atoms with E-state index in [1.54, 1.807) is 18.5 Å². The minimum absolute atomic E-state index is 0.0692. The molecule has 1 aromatic carbocycles. The van der Waals surface area contributed by atoms with Crippen molar-refractivity contribution >= 4 is 23.5 Å². The Hall–Kier alpha value is -3.06. The highest BCUT2D eigenvalue weighted by atomic mass is 16.4. The predicted octanol–water partition coefficient (Wildman–Crippen LogP) is 1.20. The molecule has 1 atom stereocenters. The fourth-order valence-corrected chi connectivity index (χ4v) is 2.56. The number of amides is 2. The lowest BCUT2D eigenvalue weighted by Gasteiger charge is -2.15. The van der Waals surface area contributed by atoms with Crippen LogP contribution in [0.25, 0.3) is 0 Å². The quantitative estimate of drug-likeness (QED) is 0.801. The molecule has 0 saturated carbocycles. The van der Waals surface area contributed by atoms with Gasteiger partial charge in [0.05, 0.1) is 23.7 Å². The van der Waals surface area contributed by atoms with E-state index in [1.165, 1.54) is 24.3 Å². The molecule has 122 valence electrons. The maximum absolute atomic E-state index is 12.5. The number of anilines is 1. The third kappa shape index (κ3) is 3.16. The van der Waals surface area contributed by atoms with Crippen molar-refractivity contribution in [3.05, 3.63) is 59.9 Å². The smallest absolute Gasteiger partial charge is 0.335 e. The summed E-state index contributed by atoms with van der Waals surface area (Å²) >= 11 is 0. The average molecular weight is 325 g/mol. The van der Waals surface area contributed by atoms with Gasteiger partial charge in [-0.3, -0.25) is 14.6 Å². The lowest BCUT2D eigenvalue weighted by Crippen LogP contribution is -2.38. The van der Waals surface area contributed by atoms with E-state index in [0.29, 0.717) is 12.2 Å². The van der Waals surface area contributed by atoms with Crippen LogP contribution in [0.4, 0.5) is 5.69 Å². The summed E-state index contributed by atoms with van der Waals surface area (Å²) in [6, 6.07) is 8.74. The molecule has 1 aliphatic heterocycles. The summed E-state index contributed by atoms with van der Waals surface area (Å²) in [5.74, 6) is -1.71. The highest BCUT2D eigenvalue weighted by Crippen LogP contribution is 2.23. The summed E-state index contributed by atoms with van der Waals surface area (Å²) in [6.45, 7) is 0.434. The summed E-state index contributed by atoms with van der Waals surface area (Å²) in [4.78, 5) is 40.6. The van der Waals surface area contributed by atoms with E-state index in [1.807, 2.05) is 6.07 Å². The molecule has 1 aliphatic rings. The van der Waals surface area contributed by atoms with Crippen LogP contribution in [0.3, 0.4) is 0 Å². The number of nitrogens with one attached hydrogen (secondary N) is 1. The Morgan fingerprint density at radius 1 is 1.25 bits per heavy atom. The number of nitrogens with zero attached hydrogens (tertiary/aromatic N) is 2. The summed E-state index contributed by atoms with van der Waals surface area (Å²) in [6.07, 6.45) is 3.42. The van der Waals surface area contributed by atoms with Gasteiger partial charge >= 0.3 is 5.97 Å². The molecule has 24 heavy (non-hydrogen) atoms. The van der Waals surface area contributed by atoms with Gasteiger partial charge in [-0.05, 0) is 35.9 Å². The Morgan fingerprint density at radius 3 is 2.62 bits per heavy atom. The molecule has 0 radical (unpaired) electrons. The maximum Gasteiger partial charge on any atom is 0.335 e. The zero-order chi connectivity index (χ0) is 17.1. The Kier molecular flexibility index (Phi) is 4.35. The summed E-state index contributed by atoms with van der Waals surface area (Å²) < 4.78 is 0. The van der Waals surface area contributed by atoms with E-state index in [0.717, 1.165) is 10.5 Å². The molecule has 2 N–H and O–H groups in total. The normalized spacial score (nSPS) is 17.3. The van der Waals surface area contributed by atoms with Crippen LogP contribution < -0.4 is 10.2 Å². The fraction of sp³-hybridized carbons (Fsp3) is 0.176. The first kappa shape index (κ1) is 15.8. The van der Waals surface area contributed by atoms with E-state index >= 15 is 0 Å². The van der Waals surface area contributed by atoms with Crippen molar-refractivity contribution in [3.8, 4) is 0 Å². The summed E-state index contributed by atoms with van der Waals surface area (Å²) in [5, 5.41) is 12.0. The minimum atomic E-state index is -1.06. The standard InChI is InChI=1S/C17H15N3O4/c21-15-8-14(19-10-11-2-1-7-18-9-11)16(22)20(15)13-5-3-12(4-6-13)17(23)24/h1-7,9,14,19H,8,10H2,(H,23,24). The molecule has 0 aliphatic carbocycles. The van der Waals surface area contributed by atoms with Gasteiger partial charge in [0.25, 0.3) is 5.91 Å². The summed E-state index contributed by atoms with van der Waals surface area (Å²) in [5.41, 5.74) is 1.40. The number of hydrogen-bond acceptors (Lipinski definition) is 5. The van der Waals surface area contributed by atoms with Crippen molar-refractivity contribution in [1.82, 2.24) is 10.3 Å². The van der Waals surface area contributed by atoms with Crippen LogP contribution in [-0.2, 0) is 16.1 Å². The number of carboxylic acids is 1. The van der Waals surface area contributed by atoms with E-state index < -0.39 is 12.0 Å². The second-order valence-electron chi connectivity index (χ2n) is 5.42. The van der Waals surface area contributed by atoms with Gasteiger partial charge in [-0.1, -0.05) is 6.07 Å². The highest BCUT2D eigenvalue weighted by molar-refractivity contribution is 6.22. The largest absolute Gasteiger partial charge is 0.478 e. The van der Waals surface area contributed by atoms with Crippen LogP contribution in [-0.4, -0.2) is 33.9 Å². The third-order valence-corrected chi connectivity index (χ3v) is 3.79.